The van der Waals surface area contributed by atoms with Gasteiger partial charge in [-0.2, -0.15) is 0 Å². The molecule has 0 radical (unpaired) electrons. The van der Waals surface area contributed by atoms with Gasteiger partial charge in [0.1, 0.15) is 10.2 Å². The molecule has 0 aromatic heterocycles. The van der Waals surface area contributed by atoms with Gasteiger partial charge in [-0.3, -0.25) is 9.59 Å². The van der Waals surface area contributed by atoms with Crippen LogP contribution in [-0.4, -0.2) is 16.1 Å². The smallest absolute Gasteiger partial charge is 0.257 e. The number of nitrogens with one attached hydrogen (secondary N) is 2. The molecule has 11 heteroatoms. The third-order valence-electron chi connectivity index (χ3n) is 5.24. The van der Waals surface area contributed by atoms with Gasteiger partial charge in [-0.1, -0.05) is 34.8 Å². The monoisotopic (exact) mass is 622 g/mol. The van der Waals surface area contributed by atoms with Crippen LogP contribution in [0.3, 0.4) is 0 Å². The van der Waals surface area contributed by atoms with Crippen LogP contribution in [0.15, 0.2) is 59.1 Å². The molecule has 4 rings (SSSR count). The second-order valence-corrected chi connectivity index (χ2v) is 11.2. The Labute approximate surface area is 227 Å². The number of carbonyl (C=O) groups is 2. The molecule has 0 bridgehead atoms. The zero-order valence-corrected chi connectivity index (χ0v) is 22.2. The van der Waals surface area contributed by atoms with E-state index in [-0.39, 0.29) is 20.7 Å². The molecule has 2 N–H and O–H groups in total. The summed E-state index contributed by atoms with van der Waals surface area (Å²) in [5.41, 5.74) is 1.27. The lowest BCUT2D eigenvalue weighted by atomic mass is 10.1. The first-order valence-electron chi connectivity index (χ1n) is 9.68. The SMILES string of the molecule is O=C(Nc1ccc(Br)c(F)c1)c1cc(NC(=O)[C@@H]2[C@@H](c3cc(Cl)cc(Cl)c3)C2(Cl)Cl)ccc1Cl. The van der Waals surface area contributed by atoms with Crippen LogP contribution in [0.25, 0.3) is 0 Å². The third-order valence-corrected chi connectivity index (χ3v) is 7.59. The lowest BCUT2D eigenvalue weighted by molar-refractivity contribution is -0.117. The number of carbonyl (C=O) groups excluding carboxylic acids is 2. The van der Waals surface area contributed by atoms with E-state index in [9.17, 15) is 14.0 Å². The second-order valence-electron chi connectivity index (χ2n) is 7.60. The highest BCUT2D eigenvalue weighted by atomic mass is 79.9. The number of amides is 2. The molecule has 1 aliphatic rings. The minimum Gasteiger partial charge on any atom is -0.326 e. The average molecular weight is 626 g/mol. The molecule has 0 unspecified atom stereocenters. The molecular weight excluding hydrogens is 612 g/mol. The molecule has 1 fully saturated rings. The predicted molar refractivity (Wildman–Crippen MR) is 139 cm³/mol. The Morgan fingerprint density at radius 3 is 2.15 bits per heavy atom. The Bertz CT molecular complexity index is 1300. The first-order chi connectivity index (χ1) is 16.0. The molecular formula is C23H13BrCl5FN2O2. The predicted octanol–water partition coefficient (Wildman–Crippen LogP) is 8.33. The fraction of sp³-hybridized carbons (Fsp3) is 0.130. The van der Waals surface area contributed by atoms with Crippen molar-refractivity contribution in [2.75, 3.05) is 10.6 Å². The van der Waals surface area contributed by atoms with Crippen molar-refractivity contribution in [2.24, 2.45) is 5.92 Å². The molecule has 0 saturated heterocycles. The van der Waals surface area contributed by atoms with E-state index in [0.29, 0.717) is 21.3 Å². The number of halogens is 7. The van der Waals surface area contributed by atoms with Crippen LogP contribution in [0, 0.1) is 11.7 Å². The third kappa shape index (κ3) is 5.32. The summed E-state index contributed by atoms with van der Waals surface area (Å²) in [6.45, 7) is 0. The van der Waals surface area contributed by atoms with E-state index in [0.717, 1.165) is 6.07 Å². The van der Waals surface area contributed by atoms with Crippen molar-refractivity contribution in [2.45, 2.75) is 10.3 Å². The molecule has 34 heavy (non-hydrogen) atoms. The van der Waals surface area contributed by atoms with Crippen LogP contribution in [0.5, 0.6) is 0 Å². The van der Waals surface area contributed by atoms with E-state index in [2.05, 4.69) is 26.6 Å². The minimum absolute atomic E-state index is 0.0831. The average Bonchev–Trinajstić information content (AvgIpc) is 3.33. The maximum absolute atomic E-state index is 13.8. The van der Waals surface area contributed by atoms with E-state index in [1.165, 1.54) is 30.3 Å². The zero-order chi connectivity index (χ0) is 24.8. The van der Waals surface area contributed by atoms with Crippen molar-refractivity contribution in [3.8, 4) is 0 Å². The zero-order valence-electron chi connectivity index (χ0n) is 16.8. The summed E-state index contributed by atoms with van der Waals surface area (Å²) >= 11 is 34.2. The highest BCUT2D eigenvalue weighted by Gasteiger charge is 2.67. The van der Waals surface area contributed by atoms with Gasteiger partial charge in [0.2, 0.25) is 5.91 Å². The fourth-order valence-corrected chi connectivity index (χ4v) is 5.41. The van der Waals surface area contributed by atoms with Crippen LogP contribution in [0.4, 0.5) is 15.8 Å². The second kappa shape index (κ2) is 9.84. The lowest BCUT2D eigenvalue weighted by Gasteiger charge is -2.11. The molecule has 176 valence electrons. The molecule has 0 heterocycles. The van der Waals surface area contributed by atoms with Gasteiger partial charge >= 0.3 is 0 Å². The maximum atomic E-state index is 13.8. The Kier molecular flexibility index (Phi) is 7.40. The van der Waals surface area contributed by atoms with E-state index in [4.69, 9.17) is 58.0 Å². The Hall–Kier alpha value is -1.54. The lowest BCUT2D eigenvalue weighted by Crippen LogP contribution is -2.18. The summed E-state index contributed by atoms with van der Waals surface area (Å²) in [6.07, 6.45) is 0. The van der Waals surface area contributed by atoms with Gasteiger partial charge in [0.25, 0.3) is 5.91 Å². The van der Waals surface area contributed by atoms with Crippen LogP contribution in [0.2, 0.25) is 15.1 Å². The van der Waals surface area contributed by atoms with Crippen LogP contribution in [-0.2, 0) is 4.79 Å². The van der Waals surface area contributed by atoms with Crippen molar-refractivity contribution >= 4 is 97.1 Å². The van der Waals surface area contributed by atoms with Crippen LogP contribution in [0.1, 0.15) is 21.8 Å². The molecule has 2 atom stereocenters. The summed E-state index contributed by atoms with van der Waals surface area (Å²) in [5, 5.41) is 6.23. The molecule has 0 aliphatic heterocycles. The van der Waals surface area contributed by atoms with Gasteiger partial charge in [0.15, 0.2) is 0 Å². The number of benzene rings is 3. The number of hydrogen-bond acceptors (Lipinski definition) is 2. The highest BCUT2D eigenvalue weighted by Crippen LogP contribution is 2.65. The molecule has 0 spiro atoms. The van der Waals surface area contributed by atoms with Crippen molar-refractivity contribution in [3.63, 3.8) is 0 Å². The van der Waals surface area contributed by atoms with Gasteiger partial charge < -0.3 is 10.6 Å². The Balaban J connectivity index is 1.51. The molecule has 2 amide bonds. The number of rotatable bonds is 5. The molecule has 3 aromatic carbocycles. The van der Waals surface area contributed by atoms with Crippen molar-refractivity contribution in [3.05, 3.63) is 91.1 Å². The maximum Gasteiger partial charge on any atom is 0.257 e. The number of anilines is 2. The summed E-state index contributed by atoms with van der Waals surface area (Å²) in [6, 6.07) is 13.4. The quantitative estimate of drug-likeness (QED) is 0.280. The minimum atomic E-state index is -1.35. The van der Waals surface area contributed by atoms with E-state index >= 15 is 0 Å². The first kappa shape index (κ1) is 25.5. The topological polar surface area (TPSA) is 58.2 Å². The summed E-state index contributed by atoms with van der Waals surface area (Å²) in [4.78, 5) is 25.7. The molecule has 1 saturated carbocycles. The Morgan fingerprint density at radius 2 is 1.50 bits per heavy atom. The first-order valence-corrected chi connectivity index (χ1v) is 12.4. The number of hydrogen-bond donors (Lipinski definition) is 2. The van der Waals surface area contributed by atoms with E-state index in [1.807, 2.05) is 0 Å². The van der Waals surface area contributed by atoms with Gasteiger partial charge in [-0.15, -0.1) is 23.2 Å². The summed E-state index contributed by atoms with van der Waals surface area (Å²) in [5.74, 6) is -2.85. The largest absolute Gasteiger partial charge is 0.326 e. The Morgan fingerprint density at radius 1 is 0.882 bits per heavy atom. The molecule has 4 nitrogen and oxygen atoms in total. The summed E-state index contributed by atoms with van der Waals surface area (Å²) < 4.78 is 12.7. The highest BCUT2D eigenvalue weighted by molar-refractivity contribution is 9.10. The summed E-state index contributed by atoms with van der Waals surface area (Å²) in [7, 11) is 0. The fourth-order valence-electron chi connectivity index (χ4n) is 3.59. The van der Waals surface area contributed by atoms with Crippen molar-refractivity contribution in [1.29, 1.82) is 0 Å². The van der Waals surface area contributed by atoms with Gasteiger partial charge in [0.05, 0.1) is 21.0 Å². The number of alkyl halides is 2. The van der Waals surface area contributed by atoms with Gasteiger partial charge in [-0.05, 0) is 76.1 Å². The van der Waals surface area contributed by atoms with Crippen LogP contribution >= 0.6 is 73.9 Å². The van der Waals surface area contributed by atoms with Crippen molar-refractivity contribution in [1.82, 2.24) is 0 Å². The van der Waals surface area contributed by atoms with Gasteiger partial charge in [-0.25, -0.2) is 4.39 Å². The van der Waals surface area contributed by atoms with E-state index < -0.39 is 33.8 Å². The normalized spacial score (nSPS) is 18.3. The van der Waals surface area contributed by atoms with Crippen LogP contribution < -0.4 is 10.6 Å². The standard InChI is InChI=1S/C23H13BrCl5FN2O2/c24-16-3-1-14(9-18(16)30)31-21(33)15-8-13(2-4-17(15)27)32-22(34)20-19(23(20,28)29)10-5-11(25)7-12(26)6-10/h1-9,19-20H,(H,31,33)(H,32,34)/t19-,20+/m1/s1. The van der Waals surface area contributed by atoms with E-state index in [1.54, 1.807) is 18.2 Å². The van der Waals surface area contributed by atoms with Gasteiger partial charge in [0, 0.05) is 27.3 Å². The molecule has 1 aliphatic carbocycles. The van der Waals surface area contributed by atoms with Crippen molar-refractivity contribution < 1.29 is 14.0 Å². The molecule has 3 aromatic rings.